The number of hydrogen-bond acceptors (Lipinski definition) is 6. The quantitative estimate of drug-likeness (QED) is 0.864. The summed E-state index contributed by atoms with van der Waals surface area (Å²) in [7, 11) is 0. The third kappa shape index (κ3) is 2.86. The van der Waals surface area contributed by atoms with E-state index in [1.54, 1.807) is 0 Å². The number of benzene rings is 1. The van der Waals surface area contributed by atoms with Crippen molar-refractivity contribution in [3.63, 3.8) is 0 Å². The van der Waals surface area contributed by atoms with Gasteiger partial charge in [0.25, 0.3) is 0 Å². The average molecular weight is 330 g/mol. The van der Waals surface area contributed by atoms with Crippen LogP contribution >= 0.6 is 11.5 Å². The van der Waals surface area contributed by atoms with Gasteiger partial charge in [0.2, 0.25) is 5.13 Å². The lowest BCUT2D eigenvalue weighted by Gasteiger charge is -2.54. The van der Waals surface area contributed by atoms with Crippen molar-refractivity contribution >= 4 is 16.7 Å². The SMILES string of the molecule is Cc1cccc(-c2nsc(N3CC(C)(N4CCOCC4)C3)n2)c1. The largest absolute Gasteiger partial charge is 0.379 e. The Balaban J connectivity index is 1.45. The van der Waals surface area contributed by atoms with Gasteiger partial charge in [-0.2, -0.15) is 9.36 Å². The predicted octanol–water partition coefficient (Wildman–Crippen LogP) is 2.42. The van der Waals surface area contributed by atoms with E-state index in [0.717, 1.165) is 55.9 Å². The minimum atomic E-state index is 0.249. The molecule has 2 aliphatic heterocycles. The molecule has 0 saturated carbocycles. The summed E-state index contributed by atoms with van der Waals surface area (Å²) in [6.07, 6.45) is 0. The number of morpholine rings is 1. The summed E-state index contributed by atoms with van der Waals surface area (Å²) in [4.78, 5) is 9.64. The zero-order valence-corrected chi connectivity index (χ0v) is 14.5. The standard InChI is InChI=1S/C17H22N4OS/c1-13-4-3-5-14(10-13)15-18-16(23-19-15)20-11-17(2,12-20)21-6-8-22-9-7-21/h3-5,10H,6-9,11-12H2,1-2H3. The van der Waals surface area contributed by atoms with Crippen LogP contribution in [0.5, 0.6) is 0 Å². The summed E-state index contributed by atoms with van der Waals surface area (Å²) in [5.74, 6) is 0.841. The van der Waals surface area contributed by atoms with E-state index in [9.17, 15) is 0 Å². The predicted molar refractivity (Wildman–Crippen MR) is 93.1 cm³/mol. The first kappa shape index (κ1) is 15.1. The highest BCUT2D eigenvalue weighted by Crippen LogP contribution is 2.34. The van der Waals surface area contributed by atoms with Gasteiger partial charge in [0.1, 0.15) is 0 Å². The summed E-state index contributed by atoms with van der Waals surface area (Å²) >= 11 is 1.50. The second-order valence-electron chi connectivity index (χ2n) is 6.72. The van der Waals surface area contributed by atoms with Gasteiger partial charge in [-0.3, -0.25) is 4.90 Å². The summed E-state index contributed by atoms with van der Waals surface area (Å²) in [5.41, 5.74) is 2.59. The maximum Gasteiger partial charge on any atom is 0.205 e. The molecule has 4 rings (SSSR count). The number of hydrogen-bond donors (Lipinski definition) is 0. The minimum absolute atomic E-state index is 0.249. The highest BCUT2D eigenvalue weighted by molar-refractivity contribution is 7.09. The van der Waals surface area contributed by atoms with Crippen molar-refractivity contribution in [2.45, 2.75) is 19.4 Å². The van der Waals surface area contributed by atoms with Crippen molar-refractivity contribution in [3.05, 3.63) is 29.8 Å². The van der Waals surface area contributed by atoms with E-state index in [1.807, 2.05) is 0 Å². The summed E-state index contributed by atoms with van der Waals surface area (Å²) < 4.78 is 10.0. The molecule has 5 nitrogen and oxygen atoms in total. The Bertz CT molecular complexity index is 689. The molecule has 3 heterocycles. The molecule has 122 valence electrons. The Morgan fingerprint density at radius 3 is 2.74 bits per heavy atom. The number of aromatic nitrogens is 2. The lowest BCUT2D eigenvalue weighted by atomic mass is 9.90. The molecular weight excluding hydrogens is 308 g/mol. The van der Waals surface area contributed by atoms with Crippen LogP contribution in [-0.4, -0.2) is 59.2 Å². The van der Waals surface area contributed by atoms with Crippen LogP contribution in [0.1, 0.15) is 12.5 Å². The van der Waals surface area contributed by atoms with Crippen molar-refractivity contribution in [2.24, 2.45) is 0 Å². The van der Waals surface area contributed by atoms with Crippen LogP contribution in [0.4, 0.5) is 5.13 Å². The Hall–Kier alpha value is -1.50. The molecule has 2 fully saturated rings. The van der Waals surface area contributed by atoms with Gasteiger partial charge in [-0.25, -0.2) is 0 Å². The van der Waals surface area contributed by atoms with Gasteiger partial charge in [0.05, 0.1) is 18.8 Å². The van der Waals surface area contributed by atoms with Gasteiger partial charge in [0, 0.05) is 43.3 Å². The first-order valence-electron chi connectivity index (χ1n) is 8.13. The fourth-order valence-electron chi connectivity index (χ4n) is 3.46. The smallest absolute Gasteiger partial charge is 0.205 e. The van der Waals surface area contributed by atoms with E-state index in [-0.39, 0.29) is 5.54 Å². The molecule has 0 radical (unpaired) electrons. The second kappa shape index (κ2) is 5.85. The third-order valence-electron chi connectivity index (χ3n) is 4.80. The molecule has 0 unspecified atom stereocenters. The molecule has 0 amide bonds. The zero-order chi connectivity index (χ0) is 15.9. The third-order valence-corrected chi connectivity index (χ3v) is 5.58. The van der Waals surface area contributed by atoms with Crippen LogP contribution in [0.3, 0.4) is 0 Å². The van der Waals surface area contributed by atoms with Gasteiger partial charge < -0.3 is 9.64 Å². The number of aryl methyl sites for hydroxylation is 1. The maximum absolute atomic E-state index is 5.46. The van der Waals surface area contributed by atoms with Crippen molar-refractivity contribution < 1.29 is 4.74 Å². The number of nitrogens with zero attached hydrogens (tertiary/aromatic N) is 4. The molecule has 2 aromatic rings. The van der Waals surface area contributed by atoms with Crippen LogP contribution in [0.2, 0.25) is 0 Å². The number of rotatable bonds is 3. The first-order chi connectivity index (χ1) is 11.1. The minimum Gasteiger partial charge on any atom is -0.379 e. The number of ether oxygens (including phenoxy) is 1. The van der Waals surface area contributed by atoms with E-state index < -0.39 is 0 Å². The first-order valence-corrected chi connectivity index (χ1v) is 8.90. The highest BCUT2D eigenvalue weighted by Gasteiger charge is 2.45. The molecule has 0 atom stereocenters. The molecule has 23 heavy (non-hydrogen) atoms. The van der Waals surface area contributed by atoms with Gasteiger partial charge in [-0.15, -0.1) is 0 Å². The van der Waals surface area contributed by atoms with Crippen molar-refractivity contribution in [1.82, 2.24) is 14.3 Å². The molecule has 2 aliphatic rings. The fourth-order valence-corrected chi connectivity index (χ4v) is 4.15. The maximum atomic E-state index is 5.46. The molecule has 0 bridgehead atoms. The highest BCUT2D eigenvalue weighted by atomic mass is 32.1. The molecule has 0 aliphatic carbocycles. The van der Waals surface area contributed by atoms with Crippen LogP contribution in [0.15, 0.2) is 24.3 Å². The van der Waals surface area contributed by atoms with Crippen molar-refractivity contribution in [1.29, 1.82) is 0 Å². The lowest BCUT2D eigenvalue weighted by molar-refractivity contribution is -0.0265. The van der Waals surface area contributed by atoms with E-state index >= 15 is 0 Å². The molecule has 1 aromatic carbocycles. The van der Waals surface area contributed by atoms with Crippen LogP contribution in [0, 0.1) is 6.92 Å². The van der Waals surface area contributed by atoms with Gasteiger partial charge in [-0.1, -0.05) is 23.8 Å². The van der Waals surface area contributed by atoms with E-state index in [4.69, 9.17) is 9.72 Å². The molecule has 6 heteroatoms. The Kier molecular flexibility index (Phi) is 3.83. The van der Waals surface area contributed by atoms with Crippen molar-refractivity contribution in [2.75, 3.05) is 44.3 Å². The monoisotopic (exact) mass is 330 g/mol. The van der Waals surface area contributed by atoms with E-state index in [0.29, 0.717) is 0 Å². The topological polar surface area (TPSA) is 41.5 Å². The summed E-state index contributed by atoms with van der Waals surface area (Å²) in [6.45, 7) is 10.3. The molecule has 0 spiro atoms. The molecule has 2 saturated heterocycles. The van der Waals surface area contributed by atoms with E-state index in [2.05, 4.69) is 52.3 Å². The average Bonchev–Trinajstić information content (AvgIpc) is 3.02. The fraction of sp³-hybridized carbons (Fsp3) is 0.529. The molecular formula is C17H22N4OS. The van der Waals surface area contributed by atoms with Gasteiger partial charge in [0.15, 0.2) is 5.82 Å². The summed E-state index contributed by atoms with van der Waals surface area (Å²) in [5, 5.41) is 1.03. The van der Waals surface area contributed by atoms with Crippen LogP contribution in [0.25, 0.3) is 11.4 Å². The van der Waals surface area contributed by atoms with Crippen LogP contribution < -0.4 is 4.90 Å². The Morgan fingerprint density at radius 1 is 1.22 bits per heavy atom. The second-order valence-corrected chi connectivity index (χ2v) is 7.45. The van der Waals surface area contributed by atoms with Gasteiger partial charge >= 0.3 is 0 Å². The normalized spacial score (nSPS) is 21.2. The van der Waals surface area contributed by atoms with Gasteiger partial charge in [-0.05, 0) is 19.9 Å². The lowest BCUT2D eigenvalue weighted by Crippen LogP contribution is -2.70. The zero-order valence-electron chi connectivity index (χ0n) is 13.7. The number of anilines is 1. The van der Waals surface area contributed by atoms with Crippen molar-refractivity contribution in [3.8, 4) is 11.4 Å². The summed E-state index contributed by atoms with van der Waals surface area (Å²) in [6, 6.07) is 8.37. The molecule has 1 aromatic heterocycles. The Morgan fingerprint density at radius 2 is 2.00 bits per heavy atom. The Labute approximate surface area is 141 Å². The van der Waals surface area contributed by atoms with E-state index in [1.165, 1.54) is 17.1 Å². The molecule has 0 N–H and O–H groups in total. The van der Waals surface area contributed by atoms with Crippen LogP contribution in [-0.2, 0) is 4.74 Å².